The smallest absolute Gasteiger partial charge is 0.251 e. The molecule has 1 heterocycles. The summed E-state index contributed by atoms with van der Waals surface area (Å²) < 4.78 is 0. The Morgan fingerprint density at radius 3 is 2.79 bits per heavy atom. The molecule has 2 nitrogen and oxygen atoms in total. The van der Waals surface area contributed by atoms with Gasteiger partial charge in [-0.25, -0.2) is 0 Å². The van der Waals surface area contributed by atoms with Crippen LogP contribution in [0.25, 0.3) is 0 Å². The third-order valence-electron chi connectivity index (χ3n) is 3.84. The number of rotatable bonds is 5. The van der Waals surface area contributed by atoms with Crippen molar-refractivity contribution >= 4 is 5.91 Å². The Bertz CT molecular complexity index is 442. The fourth-order valence-electron chi connectivity index (χ4n) is 2.49. The molecule has 0 bridgehead atoms. The summed E-state index contributed by atoms with van der Waals surface area (Å²) in [4.78, 5) is 13.9. The maximum atomic E-state index is 12.0. The van der Waals surface area contributed by atoms with Crippen LogP contribution in [0.2, 0.25) is 0 Å². The largest absolute Gasteiger partial charge is 0.309 e. The molecular weight excluding hydrogens is 234 g/mol. The first-order valence-electron chi connectivity index (χ1n) is 7.27. The van der Waals surface area contributed by atoms with Crippen molar-refractivity contribution in [1.29, 1.82) is 0 Å². The number of carbonyl (C=O) groups is 1. The molecule has 2 aliphatic rings. The average molecular weight is 257 g/mol. The molecule has 2 atom stereocenters. The maximum Gasteiger partial charge on any atom is 0.251 e. The van der Waals surface area contributed by atoms with Gasteiger partial charge in [0.05, 0.1) is 0 Å². The highest BCUT2D eigenvalue weighted by Gasteiger charge is 2.25. The summed E-state index contributed by atoms with van der Waals surface area (Å²) in [6, 6.07) is 0. The molecular formula is C17H23NO. The molecule has 0 spiro atoms. The van der Waals surface area contributed by atoms with E-state index in [9.17, 15) is 4.79 Å². The van der Waals surface area contributed by atoms with Crippen molar-refractivity contribution in [3.63, 3.8) is 0 Å². The number of carbonyl (C=O) groups excluding carboxylic acids is 1. The number of hydrogen-bond acceptors (Lipinski definition) is 1. The molecule has 0 aromatic heterocycles. The molecule has 1 aliphatic carbocycles. The molecule has 2 rings (SSSR count). The molecule has 102 valence electrons. The van der Waals surface area contributed by atoms with Gasteiger partial charge in [0.25, 0.3) is 5.91 Å². The van der Waals surface area contributed by atoms with Gasteiger partial charge >= 0.3 is 0 Å². The number of amides is 1. The van der Waals surface area contributed by atoms with E-state index in [0.717, 1.165) is 18.7 Å². The van der Waals surface area contributed by atoms with Crippen molar-refractivity contribution in [3.8, 4) is 0 Å². The zero-order valence-corrected chi connectivity index (χ0v) is 11.9. The van der Waals surface area contributed by atoms with Crippen LogP contribution in [0.1, 0.15) is 33.1 Å². The lowest BCUT2D eigenvalue weighted by atomic mass is 9.89. The van der Waals surface area contributed by atoms with Crippen LogP contribution in [0.5, 0.6) is 0 Å². The standard InChI is InChI=1S/C17H23NO/c1-3-4-5-10-16-11-12-17(19)18(16)13-15-9-7-6-8-14(15)2/h6-12,14-15H,3-5,13H2,1-2H3/b16-10+. The van der Waals surface area contributed by atoms with Gasteiger partial charge in [-0.3, -0.25) is 4.79 Å². The Kier molecular flexibility index (Phi) is 4.78. The summed E-state index contributed by atoms with van der Waals surface area (Å²) in [5, 5.41) is 0. The van der Waals surface area contributed by atoms with Crippen molar-refractivity contribution in [3.05, 3.63) is 48.2 Å². The van der Waals surface area contributed by atoms with E-state index in [-0.39, 0.29) is 5.91 Å². The normalized spacial score (nSPS) is 27.8. The van der Waals surface area contributed by atoms with Crippen molar-refractivity contribution in [2.75, 3.05) is 6.54 Å². The van der Waals surface area contributed by atoms with Crippen LogP contribution in [-0.4, -0.2) is 17.4 Å². The van der Waals surface area contributed by atoms with E-state index >= 15 is 0 Å². The SMILES string of the molecule is CCCC/C=C1\C=CC(=O)N1CC1C=CC=CC1C. The highest BCUT2D eigenvalue weighted by atomic mass is 16.2. The summed E-state index contributed by atoms with van der Waals surface area (Å²) in [5.74, 6) is 1.04. The first-order valence-corrected chi connectivity index (χ1v) is 7.27. The monoisotopic (exact) mass is 257 g/mol. The van der Waals surface area contributed by atoms with E-state index in [1.54, 1.807) is 6.08 Å². The van der Waals surface area contributed by atoms with Gasteiger partial charge in [0.15, 0.2) is 0 Å². The number of allylic oxidation sites excluding steroid dienone is 5. The third-order valence-corrected chi connectivity index (χ3v) is 3.84. The van der Waals surface area contributed by atoms with Gasteiger partial charge in [-0.05, 0) is 24.8 Å². The average Bonchev–Trinajstić information content (AvgIpc) is 2.74. The highest BCUT2D eigenvalue weighted by molar-refractivity contribution is 5.93. The molecule has 1 amide bonds. The minimum absolute atomic E-state index is 0.123. The highest BCUT2D eigenvalue weighted by Crippen LogP contribution is 2.25. The fourth-order valence-corrected chi connectivity index (χ4v) is 2.49. The molecule has 0 aromatic carbocycles. The lowest BCUT2D eigenvalue weighted by Gasteiger charge is -2.27. The van der Waals surface area contributed by atoms with Gasteiger partial charge in [0.1, 0.15) is 0 Å². The first kappa shape index (κ1) is 13.9. The zero-order valence-electron chi connectivity index (χ0n) is 11.9. The van der Waals surface area contributed by atoms with Crippen molar-refractivity contribution in [2.24, 2.45) is 11.8 Å². The molecule has 2 heteroatoms. The van der Waals surface area contributed by atoms with Crippen molar-refractivity contribution < 1.29 is 4.79 Å². The summed E-state index contributed by atoms with van der Waals surface area (Å²) >= 11 is 0. The Labute approximate surface area is 116 Å². The van der Waals surface area contributed by atoms with Gasteiger partial charge in [-0.15, -0.1) is 0 Å². The maximum absolute atomic E-state index is 12.0. The topological polar surface area (TPSA) is 20.3 Å². The molecule has 1 aliphatic heterocycles. The predicted molar refractivity (Wildman–Crippen MR) is 79.4 cm³/mol. The number of unbranched alkanes of at least 4 members (excludes halogenated alkanes) is 2. The van der Waals surface area contributed by atoms with Gasteiger partial charge in [0, 0.05) is 24.2 Å². The van der Waals surface area contributed by atoms with Crippen LogP contribution in [0, 0.1) is 11.8 Å². The summed E-state index contributed by atoms with van der Waals surface area (Å²) in [6.45, 7) is 5.18. The Balaban J connectivity index is 2.01. The second-order valence-corrected chi connectivity index (χ2v) is 5.35. The summed E-state index contributed by atoms with van der Waals surface area (Å²) in [6.07, 6.45) is 17.8. The Hall–Kier alpha value is -1.57. The fraction of sp³-hybridized carbons (Fsp3) is 0.471. The van der Waals surface area contributed by atoms with Crippen LogP contribution in [0.3, 0.4) is 0 Å². The lowest BCUT2D eigenvalue weighted by Crippen LogP contribution is -2.32. The van der Waals surface area contributed by atoms with E-state index in [1.807, 2.05) is 11.0 Å². The Morgan fingerprint density at radius 2 is 2.05 bits per heavy atom. The summed E-state index contributed by atoms with van der Waals surface area (Å²) in [5.41, 5.74) is 1.08. The van der Waals surface area contributed by atoms with E-state index in [4.69, 9.17) is 0 Å². The second kappa shape index (κ2) is 6.55. The first-order chi connectivity index (χ1) is 9.22. The van der Waals surface area contributed by atoms with Crippen LogP contribution in [0.4, 0.5) is 0 Å². The predicted octanol–water partition coefficient (Wildman–Crippen LogP) is 3.84. The van der Waals surface area contributed by atoms with Gasteiger partial charge in [-0.1, -0.05) is 50.6 Å². The van der Waals surface area contributed by atoms with Crippen molar-refractivity contribution in [1.82, 2.24) is 4.90 Å². The van der Waals surface area contributed by atoms with Gasteiger partial charge in [0.2, 0.25) is 0 Å². The second-order valence-electron chi connectivity index (χ2n) is 5.35. The van der Waals surface area contributed by atoms with E-state index in [2.05, 4.69) is 44.2 Å². The van der Waals surface area contributed by atoms with Crippen molar-refractivity contribution in [2.45, 2.75) is 33.1 Å². The van der Waals surface area contributed by atoms with Gasteiger partial charge in [-0.2, -0.15) is 0 Å². The zero-order chi connectivity index (χ0) is 13.7. The van der Waals surface area contributed by atoms with Crippen LogP contribution < -0.4 is 0 Å². The van der Waals surface area contributed by atoms with Crippen LogP contribution in [-0.2, 0) is 4.79 Å². The van der Waals surface area contributed by atoms with E-state index < -0.39 is 0 Å². The van der Waals surface area contributed by atoms with Crippen LogP contribution >= 0.6 is 0 Å². The number of nitrogens with zero attached hydrogens (tertiary/aromatic N) is 1. The summed E-state index contributed by atoms with van der Waals surface area (Å²) in [7, 11) is 0. The molecule has 0 saturated heterocycles. The molecule has 0 saturated carbocycles. The molecule has 0 N–H and O–H groups in total. The minimum atomic E-state index is 0.123. The van der Waals surface area contributed by atoms with E-state index in [0.29, 0.717) is 11.8 Å². The van der Waals surface area contributed by atoms with Crippen LogP contribution in [0.15, 0.2) is 48.2 Å². The molecule has 0 aromatic rings. The number of hydrogen-bond donors (Lipinski definition) is 0. The molecule has 0 radical (unpaired) electrons. The lowest BCUT2D eigenvalue weighted by molar-refractivity contribution is -0.123. The quantitative estimate of drug-likeness (QED) is 0.685. The Morgan fingerprint density at radius 1 is 1.26 bits per heavy atom. The molecule has 0 fully saturated rings. The third kappa shape index (κ3) is 3.46. The minimum Gasteiger partial charge on any atom is -0.309 e. The molecule has 19 heavy (non-hydrogen) atoms. The van der Waals surface area contributed by atoms with E-state index in [1.165, 1.54) is 12.8 Å². The molecule has 2 unspecified atom stereocenters. The van der Waals surface area contributed by atoms with Gasteiger partial charge < -0.3 is 4.90 Å².